The molecule has 0 radical (unpaired) electrons. The molecule has 4 unspecified atom stereocenters. The Kier molecular flexibility index (Phi) is 2.52. The number of carbonyl (C=O) groups excluding carboxylic acids is 2. The molecule has 4 heteroatoms. The highest BCUT2D eigenvalue weighted by atomic mass is 16.6. The van der Waals surface area contributed by atoms with E-state index in [4.69, 9.17) is 4.74 Å². The van der Waals surface area contributed by atoms with E-state index in [0.717, 1.165) is 11.1 Å². The van der Waals surface area contributed by atoms with E-state index in [1.54, 1.807) is 0 Å². The number of ether oxygens (including phenoxy) is 1. The van der Waals surface area contributed by atoms with Crippen LogP contribution in [0.4, 0.5) is 0 Å². The highest BCUT2D eigenvalue weighted by Crippen LogP contribution is 2.54. The minimum atomic E-state index is -0.688. The zero-order valence-electron chi connectivity index (χ0n) is 11.2. The second-order valence-corrected chi connectivity index (χ2v) is 6.15. The topological polar surface area (TPSA) is 63.6 Å². The van der Waals surface area contributed by atoms with Crippen molar-refractivity contribution in [3.05, 3.63) is 23.3 Å². The Bertz CT molecular complexity index is 530. The van der Waals surface area contributed by atoms with Gasteiger partial charge < -0.3 is 9.84 Å². The predicted molar refractivity (Wildman–Crippen MR) is 68.2 cm³/mol. The van der Waals surface area contributed by atoms with Crippen LogP contribution >= 0.6 is 0 Å². The maximum atomic E-state index is 11.9. The molecule has 0 aromatic carbocycles. The van der Waals surface area contributed by atoms with Crippen molar-refractivity contribution in [3.8, 4) is 0 Å². The average Bonchev–Trinajstić information content (AvgIpc) is 2.61. The molecule has 0 amide bonds. The first kappa shape index (κ1) is 12.6. The molecule has 1 heterocycles. The van der Waals surface area contributed by atoms with Crippen molar-refractivity contribution in [2.45, 2.75) is 45.3 Å². The number of hydrogen-bond acceptors (Lipinski definition) is 4. The lowest BCUT2D eigenvalue weighted by molar-refractivity contribution is -0.142. The van der Waals surface area contributed by atoms with Crippen molar-refractivity contribution >= 4 is 11.8 Å². The van der Waals surface area contributed by atoms with E-state index in [-0.39, 0.29) is 30.2 Å². The normalized spacial score (nSPS) is 42.1. The molecule has 3 aliphatic rings. The summed E-state index contributed by atoms with van der Waals surface area (Å²) in [4.78, 5) is 23.5. The maximum absolute atomic E-state index is 11.9. The van der Waals surface area contributed by atoms with Crippen molar-refractivity contribution in [3.63, 3.8) is 0 Å². The minimum absolute atomic E-state index is 0.00859. The summed E-state index contributed by atoms with van der Waals surface area (Å²) in [7, 11) is 0. The van der Waals surface area contributed by atoms with Gasteiger partial charge in [0.1, 0.15) is 6.10 Å². The Morgan fingerprint density at radius 1 is 1.37 bits per heavy atom. The van der Waals surface area contributed by atoms with Gasteiger partial charge in [-0.05, 0) is 25.3 Å². The molecule has 19 heavy (non-hydrogen) atoms. The van der Waals surface area contributed by atoms with E-state index in [0.29, 0.717) is 18.4 Å². The van der Waals surface area contributed by atoms with Gasteiger partial charge in [-0.1, -0.05) is 19.1 Å². The Hall–Kier alpha value is -1.42. The van der Waals surface area contributed by atoms with Crippen molar-refractivity contribution in [2.24, 2.45) is 11.3 Å². The van der Waals surface area contributed by atoms with Gasteiger partial charge >= 0.3 is 5.97 Å². The third-order valence-corrected chi connectivity index (χ3v) is 5.14. The zero-order valence-corrected chi connectivity index (χ0v) is 11.2. The number of aliphatic hydroxyl groups is 1. The summed E-state index contributed by atoms with van der Waals surface area (Å²) in [6.45, 7) is 7.59. The standard InChI is InChI=1S/C15H18O4/c1-7-9-4-10-8(2)11(16)5-13(17)15(10,3)6-12(9)19-14(7)18/h9,12-13,17H,1,4-6H2,2-3H3. The number of allylic oxidation sites excluding steroid dienone is 1. The monoisotopic (exact) mass is 262 g/mol. The number of ketones is 1. The second-order valence-electron chi connectivity index (χ2n) is 6.15. The van der Waals surface area contributed by atoms with E-state index in [1.165, 1.54) is 0 Å². The quantitative estimate of drug-likeness (QED) is 0.531. The van der Waals surface area contributed by atoms with Gasteiger partial charge in [-0.15, -0.1) is 0 Å². The van der Waals surface area contributed by atoms with Gasteiger partial charge in [-0.3, -0.25) is 4.79 Å². The van der Waals surface area contributed by atoms with Crippen molar-refractivity contribution in [2.75, 3.05) is 0 Å². The van der Waals surface area contributed by atoms with Crippen LogP contribution in [-0.2, 0) is 14.3 Å². The second kappa shape index (κ2) is 3.79. The Morgan fingerprint density at radius 2 is 2.05 bits per heavy atom. The molecule has 4 atom stereocenters. The molecular weight excluding hydrogens is 244 g/mol. The molecule has 2 fully saturated rings. The van der Waals surface area contributed by atoms with E-state index < -0.39 is 11.5 Å². The van der Waals surface area contributed by atoms with Crippen LogP contribution in [0.5, 0.6) is 0 Å². The third-order valence-electron chi connectivity index (χ3n) is 5.14. The first-order valence-electron chi connectivity index (χ1n) is 6.66. The SMILES string of the molecule is C=C1C(=O)OC2CC3(C)C(=C(C)C(=O)CC3O)CC12. The molecule has 1 saturated heterocycles. The molecule has 2 aliphatic carbocycles. The summed E-state index contributed by atoms with van der Waals surface area (Å²) >= 11 is 0. The maximum Gasteiger partial charge on any atom is 0.334 e. The molecular formula is C15H18O4. The Morgan fingerprint density at radius 3 is 2.74 bits per heavy atom. The molecule has 4 nitrogen and oxygen atoms in total. The zero-order chi connectivity index (χ0) is 13.9. The molecule has 1 saturated carbocycles. The van der Waals surface area contributed by atoms with Crippen LogP contribution in [0.3, 0.4) is 0 Å². The fraction of sp³-hybridized carbons (Fsp3) is 0.600. The summed E-state index contributed by atoms with van der Waals surface area (Å²) in [5, 5.41) is 10.3. The summed E-state index contributed by atoms with van der Waals surface area (Å²) in [6, 6.07) is 0. The van der Waals surface area contributed by atoms with Crippen LogP contribution in [0.25, 0.3) is 0 Å². The van der Waals surface area contributed by atoms with Crippen molar-refractivity contribution < 1.29 is 19.4 Å². The number of fused-ring (bicyclic) bond motifs is 2. The summed E-state index contributed by atoms with van der Waals surface area (Å²) in [5.74, 6) is -0.366. The van der Waals surface area contributed by atoms with E-state index in [1.807, 2.05) is 13.8 Å². The predicted octanol–water partition coefficient (Wildman–Crippen LogP) is 1.53. The number of hydrogen-bond donors (Lipinski definition) is 1. The first-order valence-corrected chi connectivity index (χ1v) is 6.66. The minimum Gasteiger partial charge on any atom is -0.458 e. The third kappa shape index (κ3) is 1.56. The fourth-order valence-corrected chi connectivity index (χ4v) is 3.74. The van der Waals surface area contributed by atoms with Crippen LogP contribution in [-0.4, -0.2) is 29.1 Å². The van der Waals surface area contributed by atoms with Gasteiger partial charge in [0.2, 0.25) is 0 Å². The lowest BCUT2D eigenvalue weighted by Crippen LogP contribution is -2.47. The van der Waals surface area contributed by atoms with Crippen molar-refractivity contribution in [1.82, 2.24) is 0 Å². The van der Waals surface area contributed by atoms with Crippen molar-refractivity contribution in [1.29, 1.82) is 0 Å². The summed E-state index contributed by atoms with van der Waals surface area (Å²) in [5.41, 5.74) is 1.78. The molecule has 0 bridgehead atoms. The van der Waals surface area contributed by atoms with Crippen LogP contribution in [0.1, 0.15) is 33.1 Å². The van der Waals surface area contributed by atoms with E-state index in [9.17, 15) is 14.7 Å². The average molecular weight is 262 g/mol. The lowest BCUT2D eigenvalue weighted by atomic mass is 9.59. The smallest absolute Gasteiger partial charge is 0.334 e. The van der Waals surface area contributed by atoms with Gasteiger partial charge in [0.15, 0.2) is 5.78 Å². The Labute approximate surface area is 112 Å². The van der Waals surface area contributed by atoms with Gasteiger partial charge in [-0.25, -0.2) is 4.79 Å². The number of carbonyl (C=O) groups is 2. The van der Waals surface area contributed by atoms with E-state index in [2.05, 4.69) is 6.58 Å². The lowest BCUT2D eigenvalue weighted by Gasteiger charge is -2.47. The molecule has 0 aromatic heterocycles. The molecule has 1 N–H and O–H groups in total. The molecule has 1 aliphatic heterocycles. The highest BCUT2D eigenvalue weighted by molar-refractivity contribution is 5.97. The van der Waals surface area contributed by atoms with Crippen LogP contribution in [0.2, 0.25) is 0 Å². The van der Waals surface area contributed by atoms with Crippen LogP contribution < -0.4 is 0 Å². The van der Waals surface area contributed by atoms with Gasteiger partial charge in [-0.2, -0.15) is 0 Å². The van der Waals surface area contributed by atoms with Crippen LogP contribution in [0, 0.1) is 11.3 Å². The highest BCUT2D eigenvalue weighted by Gasteiger charge is 2.54. The first-order chi connectivity index (χ1) is 8.84. The molecule has 0 aromatic rings. The van der Waals surface area contributed by atoms with Crippen LogP contribution in [0.15, 0.2) is 23.3 Å². The summed E-state index contributed by atoms with van der Waals surface area (Å²) in [6.07, 6.45) is 0.443. The van der Waals surface area contributed by atoms with Gasteiger partial charge in [0, 0.05) is 23.3 Å². The number of Topliss-reactive ketones (excluding diaryl/α,β-unsaturated/α-hetero) is 1. The number of rotatable bonds is 0. The van der Waals surface area contributed by atoms with Gasteiger partial charge in [0.25, 0.3) is 0 Å². The largest absolute Gasteiger partial charge is 0.458 e. The molecule has 3 rings (SSSR count). The van der Waals surface area contributed by atoms with E-state index >= 15 is 0 Å². The summed E-state index contributed by atoms with van der Waals surface area (Å²) < 4.78 is 5.35. The fourth-order valence-electron chi connectivity index (χ4n) is 3.74. The molecule has 0 spiro atoms. The molecule has 102 valence electrons. The van der Waals surface area contributed by atoms with Gasteiger partial charge in [0.05, 0.1) is 6.10 Å². The Balaban J connectivity index is 2.06. The number of aliphatic hydroxyl groups excluding tert-OH is 1. The number of esters is 1.